The summed E-state index contributed by atoms with van der Waals surface area (Å²) in [5, 5.41) is 0. The average molecular weight is 332 g/mol. The molecule has 3 rings (SSSR count). The molecule has 1 aliphatic rings. The van der Waals surface area contributed by atoms with Gasteiger partial charge in [-0.05, 0) is 47.8 Å². The van der Waals surface area contributed by atoms with Crippen LogP contribution in [0.4, 0.5) is 13.2 Å². The van der Waals surface area contributed by atoms with E-state index in [4.69, 9.17) is 4.74 Å². The Morgan fingerprint density at radius 1 is 1.00 bits per heavy atom. The van der Waals surface area contributed by atoms with Crippen molar-refractivity contribution in [2.75, 3.05) is 7.11 Å². The summed E-state index contributed by atoms with van der Waals surface area (Å²) in [6.07, 6.45) is 1.99. The molecule has 0 fully saturated rings. The van der Waals surface area contributed by atoms with Crippen LogP contribution in [0.25, 0.3) is 5.57 Å². The van der Waals surface area contributed by atoms with Crippen LogP contribution in [-0.2, 0) is 4.79 Å². The predicted molar refractivity (Wildman–Crippen MR) is 84.3 cm³/mol. The lowest BCUT2D eigenvalue weighted by atomic mass is 9.81. The van der Waals surface area contributed by atoms with Gasteiger partial charge in [-0.1, -0.05) is 12.1 Å². The molecule has 0 aromatic heterocycles. The minimum atomic E-state index is -0.689. The quantitative estimate of drug-likeness (QED) is 0.818. The van der Waals surface area contributed by atoms with Gasteiger partial charge < -0.3 is 4.74 Å². The van der Waals surface area contributed by atoms with Crippen molar-refractivity contribution in [2.45, 2.75) is 18.8 Å². The zero-order valence-electron chi connectivity index (χ0n) is 13.0. The first-order chi connectivity index (χ1) is 11.5. The Hall–Kier alpha value is -2.56. The number of ketones is 1. The number of rotatable bonds is 3. The molecule has 2 aromatic carbocycles. The number of carbonyl (C=O) groups excluding carboxylic acids is 1. The maximum absolute atomic E-state index is 14.3. The number of benzene rings is 2. The molecule has 1 atom stereocenters. The van der Waals surface area contributed by atoms with Crippen molar-refractivity contribution in [1.82, 2.24) is 0 Å². The van der Waals surface area contributed by atoms with Crippen LogP contribution in [0, 0.1) is 17.5 Å². The molecule has 0 heterocycles. The van der Waals surface area contributed by atoms with Crippen molar-refractivity contribution in [3.05, 3.63) is 71.1 Å². The lowest BCUT2D eigenvalue weighted by Gasteiger charge is -2.23. The second-order valence-corrected chi connectivity index (χ2v) is 5.76. The van der Waals surface area contributed by atoms with E-state index in [9.17, 15) is 18.0 Å². The van der Waals surface area contributed by atoms with Gasteiger partial charge in [0.25, 0.3) is 0 Å². The van der Waals surface area contributed by atoms with Crippen LogP contribution in [0.5, 0.6) is 5.75 Å². The van der Waals surface area contributed by atoms with Crippen molar-refractivity contribution in [3.8, 4) is 5.75 Å². The van der Waals surface area contributed by atoms with Gasteiger partial charge in [-0.15, -0.1) is 0 Å². The number of halogens is 3. The Labute approximate surface area is 137 Å². The van der Waals surface area contributed by atoms with Crippen LogP contribution in [0.2, 0.25) is 0 Å². The van der Waals surface area contributed by atoms with E-state index in [1.54, 1.807) is 12.1 Å². The number of allylic oxidation sites excluding steroid dienone is 2. The zero-order chi connectivity index (χ0) is 17.3. The minimum Gasteiger partial charge on any atom is -0.494 e. The lowest BCUT2D eigenvalue weighted by Crippen LogP contribution is -2.13. The van der Waals surface area contributed by atoms with E-state index in [-0.39, 0.29) is 35.3 Å². The summed E-state index contributed by atoms with van der Waals surface area (Å²) in [6.45, 7) is 0. The van der Waals surface area contributed by atoms with E-state index in [0.717, 1.165) is 17.7 Å². The van der Waals surface area contributed by atoms with Gasteiger partial charge in [-0.25, -0.2) is 13.2 Å². The average Bonchev–Trinajstić information content (AvgIpc) is 2.56. The highest BCUT2D eigenvalue weighted by atomic mass is 19.1. The van der Waals surface area contributed by atoms with Crippen molar-refractivity contribution in [1.29, 1.82) is 0 Å². The standard InChI is InChI=1S/C19H15F3O2/c1-24-19-10-17(21)16(9-18(19)22)13-6-12(7-15(23)8-13)11-2-4-14(20)5-3-11/h2-5,8-10,12H,6-7H2,1H3/t12-/m1/s1. The summed E-state index contributed by atoms with van der Waals surface area (Å²) >= 11 is 0. The van der Waals surface area contributed by atoms with Gasteiger partial charge in [0.1, 0.15) is 11.6 Å². The van der Waals surface area contributed by atoms with Gasteiger partial charge in [0, 0.05) is 18.1 Å². The largest absolute Gasteiger partial charge is 0.494 e. The van der Waals surface area contributed by atoms with Gasteiger partial charge in [-0.3, -0.25) is 4.79 Å². The topological polar surface area (TPSA) is 26.3 Å². The molecule has 0 amide bonds. The molecule has 5 heteroatoms. The predicted octanol–water partition coefficient (Wildman–Crippen LogP) is 4.64. The van der Waals surface area contributed by atoms with Gasteiger partial charge in [0.2, 0.25) is 0 Å². The molecule has 24 heavy (non-hydrogen) atoms. The van der Waals surface area contributed by atoms with Crippen LogP contribution < -0.4 is 4.74 Å². The SMILES string of the molecule is COc1cc(F)c(C2=CC(=O)C[C@H](c3ccc(F)cc3)C2)cc1F. The molecule has 0 saturated heterocycles. The molecule has 2 nitrogen and oxygen atoms in total. The Balaban J connectivity index is 1.95. The number of hydrogen-bond donors (Lipinski definition) is 0. The number of carbonyl (C=O) groups is 1. The van der Waals surface area contributed by atoms with Crippen molar-refractivity contribution >= 4 is 11.4 Å². The molecular weight excluding hydrogens is 317 g/mol. The molecule has 0 aliphatic heterocycles. The molecule has 0 N–H and O–H groups in total. The highest BCUT2D eigenvalue weighted by molar-refractivity contribution is 5.99. The van der Waals surface area contributed by atoms with Crippen molar-refractivity contribution in [3.63, 3.8) is 0 Å². The first-order valence-electron chi connectivity index (χ1n) is 7.50. The van der Waals surface area contributed by atoms with E-state index >= 15 is 0 Å². The number of ether oxygens (including phenoxy) is 1. The lowest BCUT2D eigenvalue weighted by molar-refractivity contribution is -0.115. The molecule has 0 saturated carbocycles. The van der Waals surface area contributed by atoms with Gasteiger partial charge in [0.15, 0.2) is 17.3 Å². The van der Waals surface area contributed by atoms with E-state index in [2.05, 4.69) is 0 Å². The smallest absolute Gasteiger partial charge is 0.165 e. The normalized spacial score (nSPS) is 17.6. The Kier molecular flexibility index (Phi) is 4.42. The van der Waals surface area contributed by atoms with Crippen LogP contribution >= 0.6 is 0 Å². The van der Waals surface area contributed by atoms with E-state index < -0.39 is 11.6 Å². The Morgan fingerprint density at radius 2 is 1.71 bits per heavy atom. The maximum Gasteiger partial charge on any atom is 0.165 e. The summed E-state index contributed by atoms with van der Waals surface area (Å²) in [5.74, 6) is -2.24. The molecule has 1 aliphatic carbocycles. The van der Waals surface area contributed by atoms with Gasteiger partial charge in [-0.2, -0.15) is 0 Å². The summed E-state index contributed by atoms with van der Waals surface area (Å²) < 4.78 is 46.0. The highest BCUT2D eigenvalue weighted by Gasteiger charge is 2.25. The van der Waals surface area contributed by atoms with Crippen molar-refractivity contribution < 1.29 is 22.7 Å². The fourth-order valence-corrected chi connectivity index (χ4v) is 2.98. The van der Waals surface area contributed by atoms with Crippen LogP contribution in [0.3, 0.4) is 0 Å². The third-order valence-electron chi connectivity index (χ3n) is 4.18. The minimum absolute atomic E-state index is 0.0495. The third-order valence-corrected chi connectivity index (χ3v) is 4.18. The Bertz CT molecular complexity index is 810. The molecule has 0 radical (unpaired) electrons. The van der Waals surface area contributed by atoms with Crippen molar-refractivity contribution in [2.24, 2.45) is 0 Å². The fourth-order valence-electron chi connectivity index (χ4n) is 2.98. The van der Waals surface area contributed by atoms with E-state index in [1.807, 2.05) is 0 Å². The first kappa shape index (κ1) is 16.3. The molecule has 0 spiro atoms. The van der Waals surface area contributed by atoms with Gasteiger partial charge in [0.05, 0.1) is 7.11 Å². The second kappa shape index (κ2) is 6.51. The first-order valence-corrected chi connectivity index (χ1v) is 7.50. The molecule has 0 bridgehead atoms. The third kappa shape index (κ3) is 3.20. The number of methoxy groups -OCH3 is 1. The summed E-state index contributed by atoms with van der Waals surface area (Å²) in [6, 6.07) is 7.89. The van der Waals surface area contributed by atoms with Gasteiger partial charge >= 0.3 is 0 Å². The second-order valence-electron chi connectivity index (χ2n) is 5.76. The van der Waals surface area contributed by atoms with E-state index in [0.29, 0.717) is 12.0 Å². The summed E-state index contributed by atoms with van der Waals surface area (Å²) in [7, 11) is 1.26. The maximum atomic E-state index is 14.3. The summed E-state index contributed by atoms with van der Waals surface area (Å²) in [4.78, 5) is 12.0. The fraction of sp³-hybridized carbons (Fsp3) is 0.211. The molecular formula is C19H15F3O2. The number of hydrogen-bond acceptors (Lipinski definition) is 2. The van der Waals surface area contributed by atoms with Crippen LogP contribution in [0.1, 0.15) is 29.9 Å². The Morgan fingerprint density at radius 3 is 2.38 bits per heavy atom. The monoisotopic (exact) mass is 332 g/mol. The molecule has 124 valence electrons. The van der Waals surface area contributed by atoms with E-state index in [1.165, 1.54) is 25.3 Å². The molecule has 0 unspecified atom stereocenters. The summed E-state index contributed by atoms with van der Waals surface area (Å²) in [5.41, 5.74) is 1.28. The highest BCUT2D eigenvalue weighted by Crippen LogP contribution is 2.38. The zero-order valence-corrected chi connectivity index (χ0v) is 13.0. The molecule has 2 aromatic rings. The van der Waals surface area contributed by atoms with Crippen LogP contribution in [0.15, 0.2) is 42.5 Å². The van der Waals surface area contributed by atoms with Crippen LogP contribution in [-0.4, -0.2) is 12.9 Å².